The fraction of sp³-hybridized carbons (Fsp3) is 0.182. The number of hydrogen-bond donors (Lipinski definition) is 2. The van der Waals surface area contributed by atoms with Gasteiger partial charge in [0, 0.05) is 5.39 Å². The van der Waals surface area contributed by atoms with Gasteiger partial charge in [-0.3, -0.25) is 4.79 Å². The molecule has 2 rings (SSSR count). The lowest BCUT2D eigenvalue weighted by molar-refractivity contribution is 0.101. The normalized spacial score (nSPS) is 10.8. The van der Waals surface area contributed by atoms with Gasteiger partial charge in [0.1, 0.15) is 11.3 Å². The minimum Gasteiger partial charge on any atom is -0.461 e. The number of aryl methyl sites for hydroxylation is 1. The number of nitrogens with two attached hydrogens (primary N) is 2. The second-order valence-corrected chi connectivity index (χ2v) is 3.58. The van der Waals surface area contributed by atoms with Crippen LogP contribution in [-0.2, 0) is 0 Å². The van der Waals surface area contributed by atoms with Gasteiger partial charge in [-0.2, -0.15) is 0 Å². The third-order valence-electron chi connectivity index (χ3n) is 2.38. The van der Waals surface area contributed by atoms with Gasteiger partial charge in [-0.05, 0) is 26.0 Å². The van der Waals surface area contributed by atoms with Gasteiger partial charge in [0.25, 0.3) is 0 Å². The highest BCUT2D eigenvalue weighted by Gasteiger charge is 2.15. The number of nitrogen functional groups attached to an aromatic ring is 2. The summed E-state index contributed by atoms with van der Waals surface area (Å²) < 4.78 is 5.44. The lowest BCUT2D eigenvalue weighted by Crippen LogP contribution is -2.00. The van der Waals surface area contributed by atoms with Crippen LogP contribution in [0.15, 0.2) is 16.5 Å². The van der Waals surface area contributed by atoms with Crippen molar-refractivity contribution in [1.82, 2.24) is 0 Å². The Morgan fingerprint density at radius 1 is 1.33 bits per heavy atom. The first-order valence-electron chi connectivity index (χ1n) is 4.59. The SMILES string of the molecule is CC(=O)c1cc(N)c(N)c2cc(C)oc12. The molecule has 4 heteroatoms. The Balaban J connectivity index is 2.93. The molecule has 0 saturated carbocycles. The van der Waals surface area contributed by atoms with Crippen LogP contribution in [0.2, 0.25) is 0 Å². The van der Waals surface area contributed by atoms with E-state index in [-0.39, 0.29) is 5.78 Å². The van der Waals surface area contributed by atoms with E-state index in [1.54, 1.807) is 19.1 Å². The highest BCUT2D eigenvalue weighted by molar-refractivity contribution is 6.10. The average Bonchev–Trinajstić information content (AvgIpc) is 2.53. The summed E-state index contributed by atoms with van der Waals surface area (Å²) in [6.07, 6.45) is 0. The number of carbonyl (C=O) groups is 1. The molecule has 4 nitrogen and oxygen atoms in total. The third-order valence-corrected chi connectivity index (χ3v) is 2.38. The van der Waals surface area contributed by atoms with Crippen LogP contribution in [-0.4, -0.2) is 5.78 Å². The van der Waals surface area contributed by atoms with Crippen molar-refractivity contribution in [1.29, 1.82) is 0 Å². The summed E-state index contributed by atoms with van der Waals surface area (Å²) in [5.41, 5.74) is 13.4. The van der Waals surface area contributed by atoms with Gasteiger partial charge in [-0.15, -0.1) is 0 Å². The standard InChI is InChI=1S/C11H12N2O2/c1-5-3-8-10(13)9(12)4-7(6(2)14)11(8)15-5/h3-4H,12-13H2,1-2H3. The summed E-state index contributed by atoms with van der Waals surface area (Å²) in [6.45, 7) is 3.28. The zero-order chi connectivity index (χ0) is 11.2. The van der Waals surface area contributed by atoms with Crippen LogP contribution in [0.25, 0.3) is 11.0 Å². The van der Waals surface area contributed by atoms with Crippen molar-refractivity contribution in [3.8, 4) is 0 Å². The van der Waals surface area contributed by atoms with E-state index in [0.29, 0.717) is 33.7 Å². The number of hydrogen-bond acceptors (Lipinski definition) is 4. The van der Waals surface area contributed by atoms with Crippen LogP contribution in [0.3, 0.4) is 0 Å². The number of fused-ring (bicyclic) bond motifs is 1. The molecule has 0 spiro atoms. The number of carbonyl (C=O) groups excluding carboxylic acids is 1. The Hall–Kier alpha value is -1.97. The van der Waals surface area contributed by atoms with Crippen molar-refractivity contribution >= 4 is 28.1 Å². The van der Waals surface area contributed by atoms with E-state index in [0.717, 1.165) is 0 Å². The Kier molecular flexibility index (Phi) is 1.93. The Bertz CT molecular complexity index is 555. The zero-order valence-corrected chi connectivity index (χ0v) is 8.63. The monoisotopic (exact) mass is 204 g/mol. The summed E-state index contributed by atoms with van der Waals surface area (Å²) in [6, 6.07) is 3.34. The number of Topliss-reactive ketones (excluding diaryl/α,β-unsaturated/α-hetero) is 1. The van der Waals surface area contributed by atoms with E-state index >= 15 is 0 Å². The summed E-state index contributed by atoms with van der Waals surface area (Å²) >= 11 is 0. The second kappa shape index (κ2) is 3.02. The fourth-order valence-electron chi connectivity index (χ4n) is 1.63. The molecule has 0 saturated heterocycles. The van der Waals surface area contributed by atoms with Gasteiger partial charge in [0.2, 0.25) is 0 Å². The Morgan fingerprint density at radius 2 is 2.00 bits per heavy atom. The topological polar surface area (TPSA) is 82.2 Å². The van der Waals surface area contributed by atoms with Gasteiger partial charge < -0.3 is 15.9 Å². The van der Waals surface area contributed by atoms with Crippen molar-refractivity contribution in [3.05, 3.63) is 23.5 Å². The molecule has 0 aliphatic carbocycles. The Labute approximate surface area is 86.8 Å². The fourth-order valence-corrected chi connectivity index (χ4v) is 1.63. The molecule has 0 radical (unpaired) electrons. The molecule has 0 aliphatic heterocycles. The quantitative estimate of drug-likeness (QED) is 0.550. The molecule has 0 atom stereocenters. The first-order valence-corrected chi connectivity index (χ1v) is 4.59. The molecule has 1 aromatic heterocycles. The maximum atomic E-state index is 11.4. The molecule has 1 heterocycles. The molecular formula is C11H12N2O2. The van der Waals surface area contributed by atoms with Crippen LogP contribution >= 0.6 is 0 Å². The van der Waals surface area contributed by atoms with Crippen LogP contribution in [0.1, 0.15) is 23.0 Å². The van der Waals surface area contributed by atoms with E-state index in [1.807, 2.05) is 0 Å². The predicted octanol–water partition coefficient (Wildman–Crippen LogP) is 2.11. The lowest BCUT2D eigenvalue weighted by atomic mass is 10.1. The Morgan fingerprint density at radius 3 is 2.60 bits per heavy atom. The number of ketones is 1. The molecule has 0 bridgehead atoms. The minimum absolute atomic E-state index is 0.0824. The molecule has 0 fully saturated rings. The lowest BCUT2D eigenvalue weighted by Gasteiger charge is -2.04. The predicted molar refractivity (Wildman–Crippen MR) is 59.8 cm³/mol. The molecule has 78 valence electrons. The molecule has 2 aromatic rings. The summed E-state index contributed by atoms with van der Waals surface area (Å²) in [5, 5.41) is 0.706. The van der Waals surface area contributed by atoms with Crippen molar-refractivity contribution in [2.45, 2.75) is 13.8 Å². The van der Waals surface area contributed by atoms with E-state index in [9.17, 15) is 4.79 Å². The minimum atomic E-state index is -0.0824. The molecule has 0 amide bonds. The number of rotatable bonds is 1. The van der Waals surface area contributed by atoms with Crippen molar-refractivity contribution in [3.63, 3.8) is 0 Å². The van der Waals surface area contributed by atoms with Crippen molar-refractivity contribution in [2.24, 2.45) is 0 Å². The van der Waals surface area contributed by atoms with Gasteiger partial charge in [-0.25, -0.2) is 0 Å². The molecule has 1 aromatic carbocycles. The van der Waals surface area contributed by atoms with Crippen LogP contribution in [0.4, 0.5) is 11.4 Å². The van der Waals surface area contributed by atoms with Gasteiger partial charge in [0.15, 0.2) is 5.78 Å². The number of furan rings is 1. The summed E-state index contributed by atoms with van der Waals surface area (Å²) in [5.74, 6) is 0.630. The van der Waals surface area contributed by atoms with E-state index in [4.69, 9.17) is 15.9 Å². The van der Waals surface area contributed by atoms with E-state index < -0.39 is 0 Å². The van der Waals surface area contributed by atoms with Crippen molar-refractivity contribution in [2.75, 3.05) is 11.5 Å². The molecule has 15 heavy (non-hydrogen) atoms. The highest BCUT2D eigenvalue weighted by Crippen LogP contribution is 2.32. The largest absolute Gasteiger partial charge is 0.461 e. The van der Waals surface area contributed by atoms with Crippen LogP contribution in [0.5, 0.6) is 0 Å². The van der Waals surface area contributed by atoms with Crippen molar-refractivity contribution < 1.29 is 9.21 Å². The smallest absolute Gasteiger partial charge is 0.163 e. The third kappa shape index (κ3) is 1.34. The molecule has 0 aliphatic rings. The number of anilines is 2. The first-order chi connectivity index (χ1) is 7.00. The summed E-state index contributed by atoms with van der Waals surface area (Å²) in [7, 11) is 0. The van der Waals surface area contributed by atoms with Crippen LogP contribution < -0.4 is 11.5 Å². The van der Waals surface area contributed by atoms with Crippen LogP contribution in [0, 0.1) is 6.92 Å². The van der Waals surface area contributed by atoms with Gasteiger partial charge in [-0.1, -0.05) is 0 Å². The number of benzene rings is 1. The second-order valence-electron chi connectivity index (χ2n) is 3.58. The highest BCUT2D eigenvalue weighted by atomic mass is 16.3. The maximum Gasteiger partial charge on any atom is 0.163 e. The van der Waals surface area contributed by atoms with Gasteiger partial charge in [0.05, 0.1) is 16.9 Å². The molecule has 0 unspecified atom stereocenters. The van der Waals surface area contributed by atoms with E-state index in [2.05, 4.69) is 0 Å². The van der Waals surface area contributed by atoms with Gasteiger partial charge >= 0.3 is 0 Å². The zero-order valence-electron chi connectivity index (χ0n) is 8.63. The van der Waals surface area contributed by atoms with E-state index in [1.165, 1.54) is 6.92 Å². The average molecular weight is 204 g/mol. The molecular weight excluding hydrogens is 192 g/mol. The summed E-state index contributed by atoms with van der Waals surface area (Å²) in [4.78, 5) is 11.4. The molecule has 4 N–H and O–H groups in total. The maximum absolute atomic E-state index is 11.4. The first kappa shape index (κ1) is 9.58.